The van der Waals surface area contributed by atoms with E-state index >= 15 is 0 Å². The average molecular weight is 305 g/mol. The minimum atomic E-state index is -0.723. The van der Waals surface area contributed by atoms with Crippen LogP contribution in [0.5, 0.6) is 5.75 Å². The Kier molecular flexibility index (Phi) is 3.44. The number of para-hydroxylation sites is 1. The Balaban J connectivity index is 1.82. The summed E-state index contributed by atoms with van der Waals surface area (Å²) in [6.45, 7) is 1.22. The lowest BCUT2D eigenvalue weighted by molar-refractivity contribution is -0.385. The van der Waals surface area contributed by atoms with Crippen LogP contribution in [0.1, 0.15) is 23.2 Å². The Labute approximate surface area is 126 Å². The van der Waals surface area contributed by atoms with Gasteiger partial charge >= 0.3 is 5.69 Å². The maximum atomic E-state index is 12.5. The summed E-state index contributed by atoms with van der Waals surface area (Å²) in [7, 11) is 0. The molecule has 0 aliphatic carbocycles. The van der Waals surface area contributed by atoms with Crippen molar-refractivity contribution in [3.05, 3.63) is 33.9 Å². The Morgan fingerprint density at radius 1 is 1.36 bits per heavy atom. The predicted octanol–water partition coefficient (Wildman–Crippen LogP) is 0.747. The van der Waals surface area contributed by atoms with Crippen molar-refractivity contribution in [3.63, 3.8) is 0 Å². The van der Waals surface area contributed by atoms with Crippen LogP contribution in [0.25, 0.3) is 0 Å². The fourth-order valence-corrected chi connectivity index (χ4v) is 3.07. The number of piperazine rings is 1. The quantitative estimate of drug-likeness (QED) is 0.641. The molecule has 8 nitrogen and oxygen atoms in total. The summed E-state index contributed by atoms with van der Waals surface area (Å²) in [6.07, 6.45) is 1.21. The summed E-state index contributed by atoms with van der Waals surface area (Å²) in [6, 6.07) is 3.91. The molecule has 2 aliphatic rings. The first-order chi connectivity index (χ1) is 10.5. The molecule has 116 valence electrons. The fourth-order valence-electron chi connectivity index (χ4n) is 3.07. The van der Waals surface area contributed by atoms with Gasteiger partial charge < -0.3 is 14.9 Å². The summed E-state index contributed by atoms with van der Waals surface area (Å²) in [4.78, 5) is 37.6. The van der Waals surface area contributed by atoms with Gasteiger partial charge in [-0.3, -0.25) is 19.7 Å². The molecule has 0 saturated carbocycles. The normalized spacial score (nSPS) is 20.9. The third-order valence-corrected chi connectivity index (χ3v) is 4.22. The number of aromatic hydroxyl groups is 1. The molecule has 2 aliphatic heterocycles. The molecule has 0 aromatic heterocycles. The standard InChI is InChI=1S/C14H15N3O5/c18-12-5-4-9-8-15(6-7-16(9)12)14(20)10-2-1-3-11(13(10)19)17(21)22/h1-3,9,19H,4-8H2. The van der Waals surface area contributed by atoms with Crippen LogP contribution in [-0.4, -0.2) is 57.3 Å². The molecule has 1 aromatic rings. The number of benzene rings is 1. The fraction of sp³-hybridized carbons (Fsp3) is 0.429. The monoisotopic (exact) mass is 305 g/mol. The topological polar surface area (TPSA) is 104 Å². The number of hydrogen-bond acceptors (Lipinski definition) is 5. The van der Waals surface area contributed by atoms with Crippen LogP contribution >= 0.6 is 0 Å². The summed E-state index contributed by atoms with van der Waals surface area (Å²) in [5.74, 6) is -0.946. The van der Waals surface area contributed by atoms with Crippen LogP contribution in [0.4, 0.5) is 5.69 Å². The molecule has 1 unspecified atom stereocenters. The van der Waals surface area contributed by atoms with Gasteiger partial charge in [0.2, 0.25) is 11.7 Å². The van der Waals surface area contributed by atoms with Crippen LogP contribution in [0.3, 0.4) is 0 Å². The van der Waals surface area contributed by atoms with Crippen molar-refractivity contribution < 1.29 is 19.6 Å². The molecule has 3 rings (SSSR count). The van der Waals surface area contributed by atoms with Crippen molar-refractivity contribution in [2.24, 2.45) is 0 Å². The molecule has 0 spiro atoms. The van der Waals surface area contributed by atoms with Gasteiger partial charge in [0.05, 0.1) is 10.5 Å². The van der Waals surface area contributed by atoms with Crippen molar-refractivity contribution in [3.8, 4) is 5.75 Å². The molecule has 0 radical (unpaired) electrons. The lowest BCUT2D eigenvalue weighted by atomic mass is 10.1. The minimum absolute atomic E-state index is 0.00559. The van der Waals surface area contributed by atoms with E-state index in [0.29, 0.717) is 32.5 Å². The molecule has 1 aromatic carbocycles. The van der Waals surface area contributed by atoms with Crippen molar-refractivity contribution >= 4 is 17.5 Å². The van der Waals surface area contributed by atoms with Crippen molar-refractivity contribution in [2.75, 3.05) is 19.6 Å². The predicted molar refractivity (Wildman–Crippen MR) is 75.4 cm³/mol. The van der Waals surface area contributed by atoms with Crippen LogP contribution in [0.15, 0.2) is 18.2 Å². The highest BCUT2D eigenvalue weighted by Crippen LogP contribution is 2.31. The zero-order valence-corrected chi connectivity index (χ0v) is 11.8. The molecule has 0 bridgehead atoms. The highest BCUT2D eigenvalue weighted by atomic mass is 16.6. The van der Waals surface area contributed by atoms with Crippen molar-refractivity contribution in [1.82, 2.24) is 9.80 Å². The first kappa shape index (κ1) is 14.3. The molecule has 8 heteroatoms. The van der Waals surface area contributed by atoms with E-state index in [2.05, 4.69) is 0 Å². The van der Waals surface area contributed by atoms with Gasteiger partial charge in [0, 0.05) is 38.2 Å². The number of hydrogen-bond donors (Lipinski definition) is 1. The zero-order valence-electron chi connectivity index (χ0n) is 11.8. The van der Waals surface area contributed by atoms with Crippen LogP contribution in [0.2, 0.25) is 0 Å². The van der Waals surface area contributed by atoms with E-state index in [1.54, 1.807) is 9.80 Å². The van der Waals surface area contributed by atoms with Gasteiger partial charge in [-0.2, -0.15) is 0 Å². The Morgan fingerprint density at radius 2 is 2.14 bits per heavy atom. The van der Waals surface area contributed by atoms with E-state index in [-0.39, 0.29) is 17.5 Å². The van der Waals surface area contributed by atoms with Gasteiger partial charge in [-0.25, -0.2) is 0 Å². The average Bonchev–Trinajstić information content (AvgIpc) is 2.87. The number of carbonyl (C=O) groups is 2. The molecule has 2 heterocycles. The Morgan fingerprint density at radius 3 is 2.86 bits per heavy atom. The number of nitro groups is 1. The maximum Gasteiger partial charge on any atom is 0.311 e. The lowest BCUT2D eigenvalue weighted by Crippen LogP contribution is -2.53. The molecular formula is C14H15N3O5. The van der Waals surface area contributed by atoms with E-state index in [1.807, 2.05) is 0 Å². The second-order valence-corrected chi connectivity index (χ2v) is 5.46. The third kappa shape index (κ3) is 2.26. The van der Waals surface area contributed by atoms with Crippen LogP contribution in [-0.2, 0) is 4.79 Å². The first-order valence-corrected chi connectivity index (χ1v) is 7.04. The van der Waals surface area contributed by atoms with Gasteiger partial charge in [0.15, 0.2) is 0 Å². The third-order valence-electron chi connectivity index (χ3n) is 4.22. The number of amides is 2. The van der Waals surface area contributed by atoms with Crippen molar-refractivity contribution in [2.45, 2.75) is 18.9 Å². The maximum absolute atomic E-state index is 12.5. The van der Waals surface area contributed by atoms with Crippen LogP contribution < -0.4 is 0 Å². The van der Waals surface area contributed by atoms with Gasteiger partial charge in [0.25, 0.3) is 5.91 Å². The molecule has 2 fully saturated rings. The highest BCUT2D eigenvalue weighted by molar-refractivity contribution is 5.98. The van der Waals surface area contributed by atoms with E-state index in [0.717, 1.165) is 6.07 Å². The molecule has 2 amide bonds. The van der Waals surface area contributed by atoms with E-state index in [4.69, 9.17) is 0 Å². The molecule has 2 saturated heterocycles. The first-order valence-electron chi connectivity index (χ1n) is 7.04. The van der Waals surface area contributed by atoms with E-state index in [1.165, 1.54) is 12.1 Å². The summed E-state index contributed by atoms with van der Waals surface area (Å²) in [5.41, 5.74) is -0.562. The number of phenols is 1. The minimum Gasteiger partial charge on any atom is -0.502 e. The van der Waals surface area contributed by atoms with E-state index in [9.17, 15) is 24.8 Å². The number of phenolic OH excluding ortho intramolecular Hbond substituents is 1. The SMILES string of the molecule is O=C(c1cccc([N+](=O)[O-])c1O)N1CCN2C(=O)CCC2C1. The molecule has 1 atom stereocenters. The van der Waals surface area contributed by atoms with Gasteiger partial charge in [0.1, 0.15) is 0 Å². The van der Waals surface area contributed by atoms with Crippen LogP contribution in [0, 0.1) is 10.1 Å². The van der Waals surface area contributed by atoms with Gasteiger partial charge in [-0.1, -0.05) is 6.07 Å². The van der Waals surface area contributed by atoms with Crippen molar-refractivity contribution in [1.29, 1.82) is 0 Å². The number of nitro benzene ring substituents is 1. The zero-order chi connectivity index (χ0) is 15.9. The largest absolute Gasteiger partial charge is 0.502 e. The smallest absolute Gasteiger partial charge is 0.311 e. The second kappa shape index (κ2) is 5.28. The number of fused-ring (bicyclic) bond motifs is 1. The summed E-state index contributed by atoms with van der Waals surface area (Å²) >= 11 is 0. The number of carbonyl (C=O) groups excluding carboxylic acids is 2. The second-order valence-electron chi connectivity index (χ2n) is 5.46. The molecule has 1 N–H and O–H groups in total. The lowest BCUT2D eigenvalue weighted by Gasteiger charge is -2.37. The number of nitrogens with zero attached hydrogens (tertiary/aromatic N) is 3. The van der Waals surface area contributed by atoms with E-state index < -0.39 is 22.3 Å². The number of rotatable bonds is 2. The molecular weight excluding hydrogens is 290 g/mol. The summed E-state index contributed by atoms with van der Waals surface area (Å²) in [5, 5.41) is 20.8. The highest BCUT2D eigenvalue weighted by Gasteiger charge is 2.37. The van der Waals surface area contributed by atoms with Gasteiger partial charge in [-0.15, -0.1) is 0 Å². The molecule has 22 heavy (non-hydrogen) atoms. The Bertz CT molecular complexity index is 660. The summed E-state index contributed by atoms with van der Waals surface area (Å²) < 4.78 is 0. The van der Waals surface area contributed by atoms with Gasteiger partial charge in [-0.05, 0) is 12.5 Å². The Hall–Kier alpha value is -2.64.